The highest BCUT2D eigenvalue weighted by molar-refractivity contribution is 7.86. The molecule has 1 aliphatic heterocycles. The van der Waals surface area contributed by atoms with Crippen molar-refractivity contribution >= 4 is 16.8 Å². The number of hydrogen-bond acceptors (Lipinski definition) is 3. The zero-order valence-corrected chi connectivity index (χ0v) is 15.8. The summed E-state index contributed by atoms with van der Waals surface area (Å²) in [5.74, 6) is 0.525. The Balaban J connectivity index is 1.71. The van der Waals surface area contributed by atoms with Gasteiger partial charge in [-0.3, -0.25) is 9.11 Å². The van der Waals surface area contributed by atoms with E-state index in [-0.39, 0.29) is 10.8 Å². The first-order valence-corrected chi connectivity index (χ1v) is 10.3. The highest BCUT2D eigenvalue weighted by Crippen LogP contribution is 2.24. The van der Waals surface area contributed by atoms with Crippen molar-refractivity contribution in [1.82, 2.24) is 15.1 Å². The number of carbonyl (C=O) groups is 1. The van der Waals surface area contributed by atoms with Crippen molar-refractivity contribution < 1.29 is 9.00 Å². The quantitative estimate of drug-likeness (QED) is 0.851. The topological polar surface area (TPSA) is 52.7 Å². The van der Waals surface area contributed by atoms with Gasteiger partial charge in [0.2, 0.25) is 0 Å². The summed E-state index contributed by atoms with van der Waals surface area (Å²) in [6, 6.07) is 0.747. The molecule has 2 fully saturated rings. The van der Waals surface area contributed by atoms with Crippen LogP contribution in [0.1, 0.15) is 52.9 Å². The Kier molecular flexibility index (Phi) is 6.89. The van der Waals surface area contributed by atoms with Crippen molar-refractivity contribution in [2.24, 2.45) is 0 Å². The molecule has 0 spiro atoms. The van der Waals surface area contributed by atoms with E-state index in [1.54, 1.807) is 0 Å². The Labute approximate surface area is 143 Å². The molecule has 0 aromatic carbocycles. The van der Waals surface area contributed by atoms with E-state index in [4.69, 9.17) is 0 Å². The van der Waals surface area contributed by atoms with Crippen LogP contribution in [0.2, 0.25) is 0 Å². The summed E-state index contributed by atoms with van der Waals surface area (Å²) in [4.78, 5) is 16.8. The fourth-order valence-electron chi connectivity index (χ4n) is 3.44. The molecule has 0 bridgehead atoms. The number of hydrogen-bond donors (Lipinski definition) is 1. The van der Waals surface area contributed by atoms with Crippen molar-refractivity contribution in [2.45, 2.75) is 63.7 Å². The minimum absolute atomic E-state index is 0.00387. The summed E-state index contributed by atoms with van der Waals surface area (Å²) in [5, 5.41) is 2.94. The second-order valence-electron chi connectivity index (χ2n) is 7.71. The third-order valence-electron chi connectivity index (χ3n) is 4.91. The Hall–Kier alpha value is -0.620. The maximum absolute atomic E-state index is 12.3. The van der Waals surface area contributed by atoms with E-state index >= 15 is 0 Å². The molecule has 0 radical (unpaired) electrons. The first kappa shape index (κ1) is 18.7. The van der Waals surface area contributed by atoms with Crippen LogP contribution in [-0.4, -0.2) is 69.3 Å². The number of urea groups is 1. The van der Waals surface area contributed by atoms with Crippen LogP contribution < -0.4 is 5.32 Å². The highest BCUT2D eigenvalue weighted by atomic mass is 32.2. The van der Waals surface area contributed by atoms with E-state index < -0.39 is 10.8 Å². The van der Waals surface area contributed by atoms with Gasteiger partial charge in [0.05, 0.1) is 0 Å². The molecule has 134 valence electrons. The number of nitrogens with zero attached hydrogens (tertiary/aromatic N) is 2. The SMILES string of the molecule is CC(C)(C)[S@@](=O)CCNC(=O)N1CCCN(C2CCCC2)CC1. The second-order valence-corrected chi connectivity index (χ2v) is 10.0. The van der Waals surface area contributed by atoms with Crippen LogP contribution in [0.4, 0.5) is 4.79 Å². The highest BCUT2D eigenvalue weighted by Gasteiger charge is 2.26. The van der Waals surface area contributed by atoms with Gasteiger partial charge in [-0.05, 0) is 40.0 Å². The number of rotatable bonds is 4. The van der Waals surface area contributed by atoms with Crippen molar-refractivity contribution in [1.29, 1.82) is 0 Å². The first-order chi connectivity index (χ1) is 10.9. The summed E-state index contributed by atoms with van der Waals surface area (Å²) in [6.45, 7) is 10.1. The van der Waals surface area contributed by atoms with Crippen LogP contribution >= 0.6 is 0 Å². The molecule has 1 saturated carbocycles. The molecule has 0 aromatic rings. The fraction of sp³-hybridized carbons (Fsp3) is 0.941. The Bertz CT molecular complexity index is 417. The van der Waals surface area contributed by atoms with Gasteiger partial charge < -0.3 is 10.2 Å². The molecular weight excluding hydrogens is 310 g/mol. The number of carbonyl (C=O) groups excluding carboxylic acids is 1. The van der Waals surface area contributed by atoms with E-state index in [9.17, 15) is 9.00 Å². The Morgan fingerprint density at radius 3 is 2.43 bits per heavy atom. The maximum Gasteiger partial charge on any atom is 0.317 e. The van der Waals surface area contributed by atoms with E-state index in [0.29, 0.717) is 12.3 Å². The zero-order valence-electron chi connectivity index (χ0n) is 15.0. The van der Waals surface area contributed by atoms with Gasteiger partial charge in [-0.15, -0.1) is 0 Å². The van der Waals surface area contributed by atoms with Gasteiger partial charge in [0.1, 0.15) is 0 Å². The van der Waals surface area contributed by atoms with Gasteiger partial charge in [0, 0.05) is 60.1 Å². The largest absolute Gasteiger partial charge is 0.337 e. The van der Waals surface area contributed by atoms with Crippen LogP contribution in [0.5, 0.6) is 0 Å². The average molecular weight is 344 g/mol. The summed E-state index contributed by atoms with van der Waals surface area (Å²) in [7, 11) is -0.911. The molecule has 1 aliphatic carbocycles. The van der Waals surface area contributed by atoms with E-state index in [1.807, 2.05) is 25.7 Å². The first-order valence-electron chi connectivity index (χ1n) is 9.03. The normalized spacial score (nSPS) is 22.8. The zero-order chi connectivity index (χ0) is 16.9. The predicted molar refractivity (Wildman–Crippen MR) is 96.2 cm³/mol. The summed E-state index contributed by atoms with van der Waals surface area (Å²) in [6.07, 6.45) is 6.42. The van der Waals surface area contributed by atoms with Crippen LogP contribution in [0.25, 0.3) is 0 Å². The molecule has 6 heteroatoms. The number of nitrogens with one attached hydrogen (secondary N) is 1. The van der Waals surface area contributed by atoms with E-state index in [1.165, 1.54) is 25.7 Å². The van der Waals surface area contributed by atoms with Crippen molar-refractivity contribution in [2.75, 3.05) is 38.5 Å². The monoisotopic (exact) mass is 343 g/mol. The third-order valence-corrected chi connectivity index (χ3v) is 6.85. The van der Waals surface area contributed by atoms with Crippen LogP contribution in [0, 0.1) is 0 Å². The smallest absolute Gasteiger partial charge is 0.317 e. The molecule has 1 N–H and O–H groups in total. The van der Waals surface area contributed by atoms with Gasteiger partial charge in [-0.2, -0.15) is 0 Å². The second kappa shape index (κ2) is 8.47. The Morgan fingerprint density at radius 2 is 1.78 bits per heavy atom. The van der Waals surface area contributed by atoms with E-state index in [0.717, 1.165) is 38.6 Å². The van der Waals surface area contributed by atoms with Crippen molar-refractivity contribution in [3.05, 3.63) is 0 Å². The average Bonchev–Trinajstić information content (AvgIpc) is 2.90. The summed E-state index contributed by atoms with van der Waals surface area (Å²) in [5.41, 5.74) is 0. The van der Waals surface area contributed by atoms with E-state index in [2.05, 4.69) is 10.2 Å². The molecule has 1 atom stereocenters. The minimum atomic E-state index is -0.911. The molecule has 23 heavy (non-hydrogen) atoms. The summed E-state index contributed by atoms with van der Waals surface area (Å²) < 4.78 is 11.8. The molecule has 1 saturated heterocycles. The molecule has 0 aromatic heterocycles. The molecule has 1 heterocycles. The number of amides is 2. The van der Waals surface area contributed by atoms with Crippen LogP contribution in [0.15, 0.2) is 0 Å². The molecule has 2 aliphatic rings. The molecule has 2 rings (SSSR count). The minimum Gasteiger partial charge on any atom is -0.337 e. The van der Waals surface area contributed by atoms with Crippen LogP contribution in [0.3, 0.4) is 0 Å². The maximum atomic E-state index is 12.3. The molecular formula is C17H33N3O2S. The predicted octanol–water partition coefficient (Wildman–Crippen LogP) is 2.19. The molecule has 0 unspecified atom stereocenters. The van der Waals surface area contributed by atoms with Crippen LogP contribution in [-0.2, 0) is 10.8 Å². The van der Waals surface area contributed by atoms with Gasteiger partial charge in [-0.25, -0.2) is 4.79 Å². The van der Waals surface area contributed by atoms with Gasteiger partial charge in [-0.1, -0.05) is 12.8 Å². The van der Waals surface area contributed by atoms with Gasteiger partial charge in [0.25, 0.3) is 0 Å². The van der Waals surface area contributed by atoms with Gasteiger partial charge in [0.15, 0.2) is 0 Å². The molecule has 2 amide bonds. The van der Waals surface area contributed by atoms with Crippen molar-refractivity contribution in [3.63, 3.8) is 0 Å². The third kappa shape index (κ3) is 5.75. The van der Waals surface area contributed by atoms with Gasteiger partial charge >= 0.3 is 6.03 Å². The standard InChI is InChI=1S/C17H33N3O2S/c1-17(2,3)23(22)14-9-18-16(21)20-11-6-10-19(12-13-20)15-7-4-5-8-15/h15H,4-14H2,1-3H3,(H,18,21)/t23-/m0/s1. The van der Waals surface area contributed by atoms with Crippen molar-refractivity contribution in [3.8, 4) is 0 Å². The lowest BCUT2D eigenvalue weighted by atomic mass is 10.2. The Morgan fingerprint density at radius 1 is 1.09 bits per heavy atom. The lowest BCUT2D eigenvalue weighted by Crippen LogP contribution is -2.44. The fourth-order valence-corrected chi connectivity index (χ4v) is 4.34. The lowest BCUT2D eigenvalue weighted by molar-refractivity contribution is 0.188. The molecule has 5 nitrogen and oxygen atoms in total. The summed E-state index contributed by atoms with van der Waals surface area (Å²) >= 11 is 0. The lowest BCUT2D eigenvalue weighted by Gasteiger charge is -2.27.